The molecular formula is C28H32N2O7S. The molecule has 2 aromatic carbocycles. The van der Waals surface area contributed by atoms with Gasteiger partial charge in [0, 0.05) is 6.42 Å². The molecule has 0 aromatic heterocycles. The van der Waals surface area contributed by atoms with E-state index in [1.807, 2.05) is 13.0 Å². The van der Waals surface area contributed by atoms with Crippen molar-refractivity contribution in [1.82, 2.24) is 10.2 Å². The van der Waals surface area contributed by atoms with Crippen LogP contribution >= 0.6 is 0 Å². The van der Waals surface area contributed by atoms with E-state index in [0.29, 0.717) is 12.0 Å². The molecular weight excluding hydrogens is 508 g/mol. The number of unbranched alkanes of at least 4 members (excludes halogenated alkanes) is 5. The van der Waals surface area contributed by atoms with E-state index in [4.69, 9.17) is 4.18 Å². The number of hydrogen-bond donors (Lipinski definition) is 1. The fourth-order valence-electron chi connectivity index (χ4n) is 4.75. The summed E-state index contributed by atoms with van der Waals surface area (Å²) in [6.45, 7) is 2.05. The molecule has 0 spiro atoms. The van der Waals surface area contributed by atoms with E-state index in [9.17, 15) is 27.6 Å². The van der Waals surface area contributed by atoms with Crippen LogP contribution in [0.25, 0.3) is 0 Å². The summed E-state index contributed by atoms with van der Waals surface area (Å²) in [7, 11) is -3.72. The zero-order valence-corrected chi connectivity index (χ0v) is 22.2. The number of piperidine rings is 1. The maximum Gasteiger partial charge on any atom is 0.296 e. The van der Waals surface area contributed by atoms with E-state index in [0.717, 1.165) is 54.6 Å². The molecule has 2 aliphatic heterocycles. The highest BCUT2D eigenvalue weighted by atomic mass is 32.2. The van der Waals surface area contributed by atoms with E-state index in [-0.39, 0.29) is 29.9 Å². The number of rotatable bonds is 12. The molecule has 202 valence electrons. The number of carbonyl (C=O) groups is 4. The van der Waals surface area contributed by atoms with Crippen molar-refractivity contribution in [1.29, 1.82) is 0 Å². The maximum absolute atomic E-state index is 12.9. The lowest BCUT2D eigenvalue weighted by Crippen LogP contribution is -2.54. The number of nitrogens with one attached hydrogen (secondary N) is 1. The van der Waals surface area contributed by atoms with Crippen LogP contribution in [0.4, 0.5) is 0 Å². The minimum atomic E-state index is -3.72. The van der Waals surface area contributed by atoms with Crippen molar-refractivity contribution < 1.29 is 31.8 Å². The van der Waals surface area contributed by atoms with Crippen molar-refractivity contribution >= 4 is 33.7 Å². The zero-order chi connectivity index (χ0) is 27.3. The van der Waals surface area contributed by atoms with Gasteiger partial charge in [0.2, 0.25) is 11.8 Å². The highest BCUT2D eigenvalue weighted by Crippen LogP contribution is 2.28. The lowest BCUT2D eigenvalue weighted by Gasteiger charge is -2.27. The predicted molar refractivity (Wildman–Crippen MR) is 139 cm³/mol. The summed E-state index contributed by atoms with van der Waals surface area (Å²) in [6, 6.07) is 10.8. The molecule has 2 aromatic rings. The average Bonchev–Trinajstić information content (AvgIpc) is 3.12. The lowest BCUT2D eigenvalue weighted by molar-refractivity contribution is -0.136. The van der Waals surface area contributed by atoms with E-state index in [1.54, 1.807) is 36.4 Å². The first-order valence-corrected chi connectivity index (χ1v) is 14.4. The third-order valence-corrected chi connectivity index (χ3v) is 8.24. The average molecular weight is 541 g/mol. The summed E-state index contributed by atoms with van der Waals surface area (Å²) >= 11 is 0. The van der Waals surface area contributed by atoms with Crippen LogP contribution in [0.2, 0.25) is 0 Å². The molecule has 10 heteroatoms. The van der Waals surface area contributed by atoms with Crippen LogP contribution in [-0.4, -0.2) is 49.6 Å². The van der Waals surface area contributed by atoms with Crippen LogP contribution in [0.5, 0.6) is 0 Å². The summed E-state index contributed by atoms with van der Waals surface area (Å²) in [5, 5.41) is 2.20. The molecule has 0 bridgehead atoms. The first-order chi connectivity index (χ1) is 18.2. The van der Waals surface area contributed by atoms with Gasteiger partial charge in [-0.25, -0.2) is 0 Å². The van der Waals surface area contributed by atoms with E-state index in [1.165, 1.54) is 0 Å². The first-order valence-electron chi connectivity index (χ1n) is 13.0. The predicted octanol–water partition coefficient (Wildman–Crippen LogP) is 3.68. The second-order valence-corrected chi connectivity index (χ2v) is 11.4. The highest BCUT2D eigenvalue weighted by molar-refractivity contribution is 7.86. The van der Waals surface area contributed by atoms with Crippen LogP contribution in [0.3, 0.4) is 0 Å². The molecule has 9 nitrogen and oxygen atoms in total. The normalized spacial score (nSPS) is 17.6. The van der Waals surface area contributed by atoms with Crippen LogP contribution < -0.4 is 5.32 Å². The largest absolute Gasteiger partial charge is 0.296 e. The number of hydrogen-bond acceptors (Lipinski definition) is 7. The summed E-state index contributed by atoms with van der Waals surface area (Å²) in [5.41, 5.74) is 2.53. The molecule has 1 saturated heterocycles. The molecule has 0 radical (unpaired) electrons. The quantitative estimate of drug-likeness (QED) is 0.247. The molecule has 1 fully saturated rings. The smallest absolute Gasteiger partial charge is 0.295 e. The number of imide groups is 2. The third-order valence-electron chi connectivity index (χ3n) is 6.91. The van der Waals surface area contributed by atoms with Crippen molar-refractivity contribution in [2.24, 2.45) is 0 Å². The molecule has 2 aliphatic rings. The van der Waals surface area contributed by atoms with Gasteiger partial charge in [0.15, 0.2) is 0 Å². The van der Waals surface area contributed by atoms with Gasteiger partial charge in [-0.1, -0.05) is 49.4 Å². The highest BCUT2D eigenvalue weighted by Gasteiger charge is 2.44. The summed E-state index contributed by atoms with van der Waals surface area (Å²) in [4.78, 5) is 50.5. The van der Waals surface area contributed by atoms with Crippen molar-refractivity contribution in [3.05, 3.63) is 64.7 Å². The van der Waals surface area contributed by atoms with Crippen LogP contribution in [0, 0.1) is 6.92 Å². The van der Waals surface area contributed by atoms with Gasteiger partial charge in [0.05, 0.1) is 22.6 Å². The Hall–Kier alpha value is -3.37. The summed E-state index contributed by atoms with van der Waals surface area (Å²) in [5.74, 6) is -2.00. The van der Waals surface area contributed by atoms with Crippen molar-refractivity contribution in [3.8, 4) is 0 Å². The fourth-order valence-corrected chi connectivity index (χ4v) is 5.70. The molecule has 4 amide bonds. The van der Waals surface area contributed by atoms with Crippen LogP contribution in [0.1, 0.15) is 83.2 Å². The van der Waals surface area contributed by atoms with Gasteiger partial charge in [-0.2, -0.15) is 8.42 Å². The molecule has 4 rings (SSSR count). The van der Waals surface area contributed by atoms with Crippen molar-refractivity contribution in [2.75, 3.05) is 6.61 Å². The van der Waals surface area contributed by atoms with Gasteiger partial charge >= 0.3 is 0 Å². The Bertz CT molecular complexity index is 1340. The Labute approximate surface area is 222 Å². The van der Waals surface area contributed by atoms with Gasteiger partial charge in [0.25, 0.3) is 21.9 Å². The molecule has 38 heavy (non-hydrogen) atoms. The molecule has 0 saturated carbocycles. The number of benzene rings is 2. The van der Waals surface area contributed by atoms with Crippen LogP contribution in [-0.2, 0) is 30.3 Å². The first kappa shape index (κ1) is 27.7. The Morgan fingerprint density at radius 1 is 0.868 bits per heavy atom. The van der Waals surface area contributed by atoms with Gasteiger partial charge in [0.1, 0.15) is 6.04 Å². The Morgan fingerprint density at radius 2 is 1.53 bits per heavy atom. The SMILES string of the molecule is Cc1ccc(S(=O)(=O)OCCCCCCCCc2ccc3c(c2)C(=O)N(C2CCC(=O)NC2=O)C3=O)cc1. The molecule has 2 heterocycles. The van der Waals surface area contributed by atoms with Gasteiger partial charge < -0.3 is 0 Å². The lowest BCUT2D eigenvalue weighted by atomic mass is 10.0. The van der Waals surface area contributed by atoms with E-state index >= 15 is 0 Å². The zero-order valence-electron chi connectivity index (χ0n) is 21.4. The van der Waals surface area contributed by atoms with Crippen molar-refractivity contribution in [2.45, 2.75) is 75.6 Å². The van der Waals surface area contributed by atoms with E-state index in [2.05, 4.69) is 5.32 Å². The number of fused-ring (bicyclic) bond motifs is 1. The van der Waals surface area contributed by atoms with Crippen LogP contribution in [0.15, 0.2) is 47.4 Å². The van der Waals surface area contributed by atoms with Gasteiger partial charge in [-0.15, -0.1) is 0 Å². The topological polar surface area (TPSA) is 127 Å². The van der Waals surface area contributed by atoms with Crippen molar-refractivity contribution in [3.63, 3.8) is 0 Å². The molecule has 1 atom stereocenters. The summed E-state index contributed by atoms with van der Waals surface area (Å²) in [6.07, 6.45) is 6.37. The Kier molecular flexibility index (Phi) is 8.73. The number of amides is 4. The second-order valence-electron chi connectivity index (χ2n) is 9.79. The number of nitrogens with zero attached hydrogens (tertiary/aromatic N) is 1. The number of carbonyl (C=O) groups excluding carboxylic acids is 4. The second kappa shape index (κ2) is 12.0. The molecule has 1 unspecified atom stereocenters. The number of aryl methyl sites for hydroxylation is 2. The van der Waals surface area contributed by atoms with Gasteiger partial charge in [-0.05, 0) is 62.4 Å². The van der Waals surface area contributed by atoms with Gasteiger partial charge in [-0.3, -0.25) is 33.6 Å². The fraction of sp³-hybridized carbons (Fsp3) is 0.429. The van der Waals surface area contributed by atoms with E-state index < -0.39 is 39.8 Å². The molecule has 0 aliphatic carbocycles. The molecule has 1 N–H and O–H groups in total. The standard InChI is InChI=1S/C28H32N2O7S/c1-19-9-12-21(13-10-19)38(35,36)37-17-7-5-3-2-4-6-8-20-11-14-22-23(18-20)28(34)30(27(22)33)24-15-16-25(31)29-26(24)32/h9-14,18,24H,2-8,15-17H2,1H3,(H,29,31,32). The minimum absolute atomic E-state index is 0.0919. The monoisotopic (exact) mass is 540 g/mol. The third kappa shape index (κ3) is 6.36. The Balaban J connectivity index is 1.16. The summed E-state index contributed by atoms with van der Waals surface area (Å²) < 4.78 is 29.5. The minimum Gasteiger partial charge on any atom is -0.295 e. The maximum atomic E-state index is 12.9. The Morgan fingerprint density at radius 3 is 2.24 bits per heavy atom.